The molecule has 1 N–H and O–H groups in total. The summed E-state index contributed by atoms with van der Waals surface area (Å²) < 4.78 is 5.70. The van der Waals surface area contributed by atoms with Crippen molar-refractivity contribution in [2.24, 2.45) is 0 Å². The maximum Gasteiger partial charge on any atom is 0.116 e. The van der Waals surface area contributed by atoms with Crippen molar-refractivity contribution in [3.05, 3.63) is 71.5 Å². The zero-order valence-corrected chi connectivity index (χ0v) is 9.67. The van der Waals surface area contributed by atoms with Gasteiger partial charge in [0, 0.05) is 0 Å². The molecule has 0 unspecified atom stereocenters. The van der Waals surface area contributed by atoms with Crippen LogP contribution in [0.1, 0.15) is 12.0 Å². The van der Waals surface area contributed by atoms with E-state index in [9.17, 15) is 0 Å². The second-order valence-electron chi connectivity index (χ2n) is 3.93. The van der Waals surface area contributed by atoms with E-state index >= 15 is 0 Å². The molecule has 0 spiro atoms. The van der Waals surface area contributed by atoms with Gasteiger partial charge in [0.1, 0.15) is 12.4 Å². The number of ether oxygens (including phenoxy) is 1. The van der Waals surface area contributed by atoms with Gasteiger partial charge in [-0.25, -0.2) is 0 Å². The monoisotopic (exact) mass is 228 g/mol. The van der Waals surface area contributed by atoms with Crippen molar-refractivity contribution < 1.29 is 9.84 Å². The Morgan fingerprint density at radius 2 is 2.00 bits per heavy atom. The Hall–Kier alpha value is -1.80. The number of rotatable bonds is 4. The van der Waals surface area contributed by atoms with Gasteiger partial charge >= 0.3 is 0 Å². The SMILES string of the molecule is OCC1=CC=CC(OCc2ccccc2)=CC1. The Kier molecular flexibility index (Phi) is 4.17. The molecule has 0 saturated heterocycles. The van der Waals surface area contributed by atoms with Crippen molar-refractivity contribution in [2.45, 2.75) is 13.0 Å². The smallest absolute Gasteiger partial charge is 0.116 e. The first-order valence-corrected chi connectivity index (χ1v) is 5.72. The van der Waals surface area contributed by atoms with Crippen LogP contribution in [0.5, 0.6) is 0 Å². The van der Waals surface area contributed by atoms with E-state index in [1.165, 1.54) is 0 Å². The normalized spacial score (nSPS) is 14.9. The number of aliphatic hydroxyl groups excluding tert-OH is 1. The van der Waals surface area contributed by atoms with Gasteiger partial charge in [0.25, 0.3) is 0 Å². The molecule has 0 saturated carbocycles. The minimum Gasteiger partial charge on any atom is -0.489 e. The van der Waals surface area contributed by atoms with Crippen LogP contribution in [-0.2, 0) is 11.3 Å². The second-order valence-corrected chi connectivity index (χ2v) is 3.93. The quantitative estimate of drug-likeness (QED) is 0.858. The van der Waals surface area contributed by atoms with Crippen molar-refractivity contribution in [3.8, 4) is 0 Å². The van der Waals surface area contributed by atoms with E-state index in [4.69, 9.17) is 9.84 Å². The predicted octanol–water partition coefficient (Wildman–Crippen LogP) is 2.97. The molecule has 1 aromatic rings. The van der Waals surface area contributed by atoms with E-state index in [1.54, 1.807) is 0 Å². The maximum atomic E-state index is 9.04. The van der Waals surface area contributed by atoms with Crippen molar-refractivity contribution in [1.82, 2.24) is 0 Å². The molecule has 0 radical (unpaired) electrons. The highest BCUT2D eigenvalue weighted by molar-refractivity contribution is 5.27. The summed E-state index contributed by atoms with van der Waals surface area (Å²) in [4.78, 5) is 0. The van der Waals surface area contributed by atoms with Crippen LogP contribution < -0.4 is 0 Å². The zero-order valence-electron chi connectivity index (χ0n) is 9.67. The molecule has 2 heteroatoms. The fourth-order valence-corrected chi connectivity index (χ4v) is 1.61. The number of hydrogen-bond donors (Lipinski definition) is 1. The van der Waals surface area contributed by atoms with Gasteiger partial charge in [-0.2, -0.15) is 0 Å². The van der Waals surface area contributed by atoms with E-state index in [0.717, 1.165) is 23.3 Å². The molecule has 1 aromatic carbocycles. The molecule has 0 heterocycles. The topological polar surface area (TPSA) is 29.5 Å². The van der Waals surface area contributed by atoms with Gasteiger partial charge in [0.2, 0.25) is 0 Å². The number of benzene rings is 1. The van der Waals surface area contributed by atoms with Gasteiger partial charge in [-0.3, -0.25) is 0 Å². The minimum absolute atomic E-state index is 0.104. The van der Waals surface area contributed by atoms with Crippen LogP contribution in [0, 0.1) is 0 Å². The third-order valence-corrected chi connectivity index (χ3v) is 2.61. The molecular weight excluding hydrogens is 212 g/mol. The lowest BCUT2D eigenvalue weighted by Gasteiger charge is -2.06. The lowest BCUT2D eigenvalue weighted by atomic mass is 10.2. The van der Waals surface area contributed by atoms with E-state index in [-0.39, 0.29) is 6.61 Å². The van der Waals surface area contributed by atoms with Crippen molar-refractivity contribution >= 4 is 0 Å². The van der Waals surface area contributed by atoms with E-state index < -0.39 is 0 Å². The molecule has 17 heavy (non-hydrogen) atoms. The summed E-state index contributed by atoms with van der Waals surface area (Å²) in [7, 11) is 0. The lowest BCUT2D eigenvalue weighted by molar-refractivity contribution is 0.210. The van der Waals surface area contributed by atoms with E-state index in [0.29, 0.717) is 6.61 Å². The summed E-state index contributed by atoms with van der Waals surface area (Å²) in [5.41, 5.74) is 2.15. The van der Waals surface area contributed by atoms with Crippen molar-refractivity contribution in [1.29, 1.82) is 0 Å². The first kappa shape index (κ1) is 11.7. The van der Waals surface area contributed by atoms with Crippen LogP contribution in [0.3, 0.4) is 0 Å². The molecule has 1 aliphatic carbocycles. The number of aliphatic hydroxyl groups is 1. The maximum absolute atomic E-state index is 9.04. The van der Waals surface area contributed by atoms with Crippen LogP contribution in [0.2, 0.25) is 0 Å². The zero-order chi connectivity index (χ0) is 11.9. The molecule has 0 amide bonds. The molecule has 1 aliphatic rings. The average molecular weight is 228 g/mol. The first-order valence-electron chi connectivity index (χ1n) is 5.72. The third-order valence-electron chi connectivity index (χ3n) is 2.61. The minimum atomic E-state index is 0.104. The molecule has 2 rings (SSSR count). The summed E-state index contributed by atoms with van der Waals surface area (Å²) in [6.45, 7) is 0.679. The molecule has 0 bridgehead atoms. The van der Waals surface area contributed by atoms with Crippen LogP contribution >= 0.6 is 0 Å². The van der Waals surface area contributed by atoms with Gasteiger partial charge in [0.05, 0.1) is 6.61 Å². The molecule has 88 valence electrons. The van der Waals surface area contributed by atoms with Crippen molar-refractivity contribution in [3.63, 3.8) is 0 Å². The van der Waals surface area contributed by atoms with Crippen LogP contribution in [0.25, 0.3) is 0 Å². The largest absolute Gasteiger partial charge is 0.489 e. The van der Waals surface area contributed by atoms with Gasteiger partial charge in [0.15, 0.2) is 0 Å². The molecular formula is C15H16O2. The molecule has 0 aliphatic heterocycles. The Labute approximate surface area is 102 Å². The lowest BCUT2D eigenvalue weighted by Crippen LogP contribution is -1.92. The van der Waals surface area contributed by atoms with Crippen LogP contribution in [-0.4, -0.2) is 11.7 Å². The Bertz CT molecular complexity index is 441. The first-order chi connectivity index (χ1) is 8.38. The highest BCUT2D eigenvalue weighted by Crippen LogP contribution is 2.14. The summed E-state index contributed by atoms with van der Waals surface area (Å²) >= 11 is 0. The van der Waals surface area contributed by atoms with Crippen LogP contribution in [0.15, 0.2) is 66.0 Å². The Morgan fingerprint density at radius 1 is 1.18 bits per heavy atom. The highest BCUT2D eigenvalue weighted by Gasteiger charge is 2.00. The molecule has 0 fully saturated rings. The second kappa shape index (κ2) is 6.06. The van der Waals surface area contributed by atoms with E-state index in [1.807, 2.05) is 54.6 Å². The number of allylic oxidation sites excluding steroid dienone is 4. The Morgan fingerprint density at radius 3 is 2.76 bits per heavy atom. The van der Waals surface area contributed by atoms with Crippen molar-refractivity contribution in [2.75, 3.05) is 6.61 Å². The molecule has 0 atom stereocenters. The average Bonchev–Trinajstić information content (AvgIpc) is 2.62. The molecule has 2 nitrogen and oxygen atoms in total. The van der Waals surface area contributed by atoms with Gasteiger partial charge in [-0.15, -0.1) is 0 Å². The standard InChI is InChI=1S/C15H16O2/c16-11-13-7-4-8-15(10-9-13)17-12-14-5-2-1-3-6-14/h1-8,10,16H,9,11-12H2. The van der Waals surface area contributed by atoms with E-state index in [2.05, 4.69) is 0 Å². The van der Waals surface area contributed by atoms with Gasteiger partial charge in [-0.1, -0.05) is 42.5 Å². The summed E-state index contributed by atoms with van der Waals surface area (Å²) in [5.74, 6) is 0.855. The molecule has 0 aromatic heterocycles. The van der Waals surface area contributed by atoms with Gasteiger partial charge in [-0.05, 0) is 29.7 Å². The fraction of sp³-hybridized carbons (Fsp3) is 0.200. The summed E-state index contributed by atoms with van der Waals surface area (Å²) in [6.07, 6.45) is 8.50. The number of hydrogen-bond acceptors (Lipinski definition) is 2. The van der Waals surface area contributed by atoms with Gasteiger partial charge < -0.3 is 9.84 Å². The Balaban J connectivity index is 1.91. The summed E-state index contributed by atoms with van der Waals surface area (Å²) in [5, 5.41) is 9.04. The fourth-order valence-electron chi connectivity index (χ4n) is 1.61. The highest BCUT2D eigenvalue weighted by atomic mass is 16.5. The predicted molar refractivity (Wildman–Crippen MR) is 68.2 cm³/mol. The van der Waals surface area contributed by atoms with Crippen LogP contribution in [0.4, 0.5) is 0 Å². The third kappa shape index (κ3) is 3.61. The summed E-state index contributed by atoms with van der Waals surface area (Å²) in [6, 6.07) is 10.1.